The lowest BCUT2D eigenvalue weighted by Gasteiger charge is -2.17. The van der Waals surface area contributed by atoms with E-state index in [9.17, 15) is 18.0 Å². The molecule has 2 heterocycles. The summed E-state index contributed by atoms with van der Waals surface area (Å²) in [6.45, 7) is 1.54. The molecule has 4 rings (SSSR count). The average molecular weight is 592 g/mol. The molecule has 0 saturated carbocycles. The highest BCUT2D eigenvalue weighted by Crippen LogP contribution is 2.36. The first-order valence-corrected chi connectivity index (χ1v) is 13.2. The number of benzene rings is 2. The van der Waals surface area contributed by atoms with Crippen molar-refractivity contribution in [3.8, 4) is 0 Å². The highest BCUT2D eigenvalue weighted by molar-refractivity contribution is 9.10. The third-order valence-electron chi connectivity index (χ3n) is 5.40. The third kappa shape index (κ3) is 5.31. The SMILES string of the molecule is COC(=O)C1=C(C)N(c2ccc(Br)cc2)C(=O)/C1=C/c1ccc(CNS(=O)(=O)c2ccc(Cl)cc2)o1. The van der Waals surface area contributed by atoms with Crippen molar-refractivity contribution in [1.82, 2.24) is 4.72 Å². The normalized spacial score (nSPS) is 15.2. The summed E-state index contributed by atoms with van der Waals surface area (Å²) in [6.07, 6.45) is 1.44. The Balaban J connectivity index is 1.59. The van der Waals surface area contributed by atoms with Gasteiger partial charge in [0.05, 0.1) is 29.7 Å². The Labute approximate surface area is 221 Å². The second-order valence-electron chi connectivity index (χ2n) is 7.71. The fraction of sp³-hybridized carbons (Fsp3) is 0.120. The Hall–Kier alpha value is -3.18. The highest BCUT2D eigenvalue weighted by Gasteiger charge is 2.38. The van der Waals surface area contributed by atoms with Gasteiger partial charge < -0.3 is 9.15 Å². The first-order valence-electron chi connectivity index (χ1n) is 10.6. The van der Waals surface area contributed by atoms with Crippen molar-refractivity contribution in [3.05, 3.63) is 98.5 Å². The quantitative estimate of drug-likeness (QED) is 0.304. The van der Waals surface area contributed by atoms with Crippen LogP contribution in [-0.4, -0.2) is 27.4 Å². The van der Waals surface area contributed by atoms with E-state index in [1.807, 2.05) is 0 Å². The van der Waals surface area contributed by atoms with Crippen LogP contribution in [0.2, 0.25) is 5.02 Å². The molecule has 3 aromatic rings. The third-order valence-corrected chi connectivity index (χ3v) is 7.60. The van der Waals surface area contributed by atoms with E-state index in [0.29, 0.717) is 22.2 Å². The Morgan fingerprint density at radius 1 is 1.11 bits per heavy atom. The summed E-state index contributed by atoms with van der Waals surface area (Å²) in [5.74, 6) is -0.494. The molecule has 1 aliphatic heterocycles. The van der Waals surface area contributed by atoms with E-state index in [4.69, 9.17) is 20.8 Å². The van der Waals surface area contributed by atoms with Crippen molar-refractivity contribution in [2.24, 2.45) is 0 Å². The minimum atomic E-state index is -3.79. The summed E-state index contributed by atoms with van der Waals surface area (Å²) < 4.78 is 38.9. The number of amides is 1. The number of anilines is 1. The molecule has 0 aliphatic carbocycles. The van der Waals surface area contributed by atoms with E-state index >= 15 is 0 Å². The van der Waals surface area contributed by atoms with Gasteiger partial charge in [-0.25, -0.2) is 17.9 Å². The van der Waals surface area contributed by atoms with Gasteiger partial charge in [-0.2, -0.15) is 0 Å². The number of nitrogens with zero attached hydrogens (tertiary/aromatic N) is 1. The number of esters is 1. The van der Waals surface area contributed by atoms with Crippen LogP contribution in [0.5, 0.6) is 0 Å². The molecule has 1 amide bonds. The second kappa shape index (κ2) is 10.4. The van der Waals surface area contributed by atoms with Gasteiger partial charge in [0.1, 0.15) is 11.5 Å². The number of sulfonamides is 1. The van der Waals surface area contributed by atoms with Crippen LogP contribution < -0.4 is 9.62 Å². The summed E-state index contributed by atoms with van der Waals surface area (Å²) in [4.78, 5) is 27.4. The zero-order valence-corrected chi connectivity index (χ0v) is 22.3. The smallest absolute Gasteiger partial charge is 0.340 e. The molecule has 0 unspecified atom stereocenters. The van der Waals surface area contributed by atoms with Crippen LogP contribution in [0.25, 0.3) is 6.08 Å². The van der Waals surface area contributed by atoms with Gasteiger partial charge in [0.15, 0.2) is 0 Å². The minimum absolute atomic E-state index is 0.0636. The molecule has 186 valence electrons. The zero-order valence-electron chi connectivity index (χ0n) is 19.1. The Morgan fingerprint density at radius 3 is 2.42 bits per heavy atom. The summed E-state index contributed by atoms with van der Waals surface area (Å²) in [5, 5.41) is 0.424. The van der Waals surface area contributed by atoms with Gasteiger partial charge in [-0.15, -0.1) is 0 Å². The van der Waals surface area contributed by atoms with Crippen molar-refractivity contribution < 1.29 is 27.2 Å². The second-order valence-corrected chi connectivity index (χ2v) is 10.8. The van der Waals surface area contributed by atoms with Crippen LogP contribution in [0.4, 0.5) is 5.69 Å². The lowest BCUT2D eigenvalue weighted by molar-refractivity contribution is -0.136. The number of ether oxygens (including phenoxy) is 1. The number of halogens is 2. The van der Waals surface area contributed by atoms with Crippen LogP contribution in [0.3, 0.4) is 0 Å². The van der Waals surface area contributed by atoms with Crippen molar-refractivity contribution in [2.75, 3.05) is 12.0 Å². The van der Waals surface area contributed by atoms with E-state index in [1.165, 1.54) is 42.4 Å². The van der Waals surface area contributed by atoms with Gasteiger partial charge >= 0.3 is 5.97 Å². The molecule has 0 saturated heterocycles. The number of allylic oxidation sites excluding steroid dienone is 1. The van der Waals surface area contributed by atoms with Crippen LogP contribution >= 0.6 is 27.5 Å². The monoisotopic (exact) mass is 590 g/mol. The number of carbonyl (C=O) groups excluding carboxylic acids is 2. The summed E-state index contributed by atoms with van der Waals surface area (Å²) in [5.41, 5.74) is 1.22. The molecule has 0 atom stereocenters. The molecule has 1 aliphatic rings. The van der Waals surface area contributed by atoms with Crippen molar-refractivity contribution in [3.63, 3.8) is 0 Å². The van der Waals surface area contributed by atoms with E-state index in [-0.39, 0.29) is 28.3 Å². The molecule has 8 nitrogen and oxygen atoms in total. The van der Waals surface area contributed by atoms with E-state index in [1.54, 1.807) is 43.3 Å². The largest absolute Gasteiger partial charge is 0.465 e. The molecule has 0 spiro atoms. The zero-order chi connectivity index (χ0) is 26.0. The van der Waals surface area contributed by atoms with Crippen molar-refractivity contribution in [2.45, 2.75) is 18.4 Å². The summed E-state index contributed by atoms with van der Waals surface area (Å²) >= 11 is 9.19. The predicted octanol–water partition coefficient (Wildman–Crippen LogP) is 5.05. The van der Waals surface area contributed by atoms with Gasteiger partial charge in [-0.1, -0.05) is 27.5 Å². The van der Waals surface area contributed by atoms with Gasteiger partial charge in [0.25, 0.3) is 5.91 Å². The molecule has 36 heavy (non-hydrogen) atoms. The number of hydrogen-bond acceptors (Lipinski definition) is 6. The van der Waals surface area contributed by atoms with Crippen LogP contribution in [0.1, 0.15) is 18.4 Å². The van der Waals surface area contributed by atoms with E-state index in [0.717, 1.165) is 4.47 Å². The summed E-state index contributed by atoms with van der Waals surface area (Å²) in [6, 6.07) is 16.0. The molecule has 0 fully saturated rings. The Morgan fingerprint density at radius 2 is 1.78 bits per heavy atom. The van der Waals surface area contributed by atoms with Gasteiger partial charge in [0.2, 0.25) is 10.0 Å². The standard InChI is InChI=1S/C25H20BrClN2O6S/c1-15-23(25(31)34-2)22(24(30)29(15)18-7-3-16(26)4-8-18)13-19-9-10-20(35-19)14-28-36(32,33)21-11-5-17(27)6-12-21/h3-13,28H,14H2,1-2H3/b22-13+. The van der Waals surface area contributed by atoms with Gasteiger partial charge in [0, 0.05) is 20.9 Å². The fourth-order valence-corrected chi connectivity index (χ4v) is 5.04. The van der Waals surface area contributed by atoms with Crippen LogP contribution in [0, 0.1) is 0 Å². The van der Waals surface area contributed by atoms with Crippen molar-refractivity contribution >= 4 is 61.2 Å². The molecule has 1 aromatic heterocycles. The topological polar surface area (TPSA) is 106 Å². The molecule has 0 bridgehead atoms. The Bertz CT molecular complexity index is 1490. The van der Waals surface area contributed by atoms with Crippen molar-refractivity contribution in [1.29, 1.82) is 0 Å². The number of furan rings is 1. The maximum absolute atomic E-state index is 13.3. The van der Waals surface area contributed by atoms with E-state index in [2.05, 4.69) is 20.7 Å². The molecule has 1 N–H and O–H groups in total. The molecular weight excluding hydrogens is 572 g/mol. The molecular formula is C25H20BrClN2O6S. The maximum Gasteiger partial charge on any atom is 0.340 e. The fourth-order valence-electron chi connectivity index (χ4n) is 3.65. The molecule has 11 heteroatoms. The number of rotatable bonds is 7. The first-order chi connectivity index (χ1) is 17.1. The minimum Gasteiger partial charge on any atom is -0.465 e. The number of methoxy groups -OCH3 is 1. The van der Waals surface area contributed by atoms with Gasteiger partial charge in [-0.05, 0) is 73.7 Å². The first kappa shape index (κ1) is 25.9. The lowest BCUT2D eigenvalue weighted by atomic mass is 10.1. The van der Waals surface area contributed by atoms with Gasteiger partial charge in [-0.3, -0.25) is 9.69 Å². The number of hydrogen-bond donors (Lipinski definition) is 1. The highest BCUT2D eigenvalue weighted by atomic mass is 79.9. The van der Waals surface area contributed by atoms with E-state index < -0.39 is 21.9 Å². The number of carbonyl (C=O) groups is 2. The number of nitrogens with one attached hydrogen (secondary N) is 1. The molecule has 0 radical (unpaired) electrons. The summed E-state index contributed by atoms with van der Waals surface area (Å²) in [7, 11) is -2.54. The Kier molecular flexibility index (Phi) is 7.51. The average Bonchev–Trinajstić information content (AvgIpc) is 3.40. The van der Waals surface area contributed by atoms with Crippen LogP contribution in [-0.2, 0) is 30.9 Å². The van der Waals surface area contributed by atoms with Crippen LogP contribution in [0.15, 0.2) is 91.3 Å². The molecule has 2 aromatic carbocycles. The lowest BCUT2D eigenvalue weighted by Crippen LogP contribution is -2.24. The predicted molar refractivity (Wildman–Crippen MR) is 139 cm³/mol. The maximum atomic E-state index is 13.3.